The Morgan fingerprint density at radius 2 is 1.80 bits per heavy atom. The number of para-hydroxylation sites is 2. The average Bonchev–Trinajstić information content (AvgIpc) is 3.16. The number of hydrogen-bond acceptors (Lipinski definition) is 5. The molecule has 0 radical (unpaired) electrons. The van der Waals surface area contributed by atoms with Crippen molar-refractivity contribution >= 4 is 28.4 Å². The van der Waals surface area contributed by atoms with Gasteiger partial charge in [0.25, 0.3) is 0 Å². The van der Waals surface area contributed by atoms with Gasteiger partial charge in [-0.25, -0.2) is 4.98 Å². The first-order chi connectivity index (χ1) is 14.5. The maximum atomic E-state index is 9.78. The lowest BCUT2D eigenvalue weighted by Gasteiger charge is -2.14. The van der Waals surface area contributed by atoms with Crippen LogP contribution in [0, 0.1) is 11.3 Å². The van der Waals surface area contributed by atoms with Gasteiger partial charge in [-0.2, -0.15) is 5.26 Å². The quantitative estimate of drug-likeness (QED) is 0.530. The first-order valence-corrected chi connectivity index (χ1v) is 9.57. The fourth-order valence-corrected chi connectivity index (χ4v) is 3.16. The minimum Gasteiger partial charge on any atom is -0.462 e. The second-order valence-electron chi connectivity index (χ2n) is 7.15. The Morgan fingerprint density at radius 3 is 2.50 bits per heavy atom. The summed E-state index contributed by atoms with van der Waals surface area (Å²) in [6.07, 6.45) is 7.51. The van der Waals surface area contributed by atoms with Gasteiger partial charge in [-0.1, -0.05) is 30.3 Å². The van der Waals surface area contributed by atoms with E-state index in [2.05, 4.69) is 28.1 Å². The van der Waals surface area contributed by atoms with E-state index in [9.17, 15) is 5.26 Å². The predicted octanol–water partition coefficient (Wildman–Crippen LogP) is 5.70. The van der Waals surface area contributed by atoms with Crippen molar-refractivity contribution in [3.8, 4) is 6.07 Å². The number of fused-ring (bicyclic) bond motifs is 1. The molecule has 0 saturated heterocycles. The Bertz CT molecular complexity index is 1220. The Balaban J connectivity index is 1.67. The van der Waals surface area contributed by atoms with Crippen LogP contribution in [0.4, 0.5) is 5.69 Å². The first kappa shape index (κ1) is 19.3. The molecule has 0 spiro atoms. The number of aromatic nitrogens is 1. The molecule has 5 heteroatoms. The molecule has 0 fully saturated rings. The van der Waals surface area contributed by atoms with Crippen LogP contribution in [0.15, 0.2) is 88.3 Å². The van der Waals surface area contributed by atoms with E-state index in [1.165, 1.54) is 0 Å². The molecule has 1 aromatic heterocycles. The van der Waals surface area contributed by atoms with Crippen molar-refractivity contribution in [3.05, 3.63) is 95.3 Å². The van der Waals surface area contributed by atoms with Crippen molar-refractivity contribution in [2.45, 2.75) is 6.92 Å². The van der Waals surface area contributed by atoms with E-state index in [4.69, 9.17) is 9.15 Å². The van der Waals surface area contributed by atoms with Gasteiger partial charge in [-0.3, -0.25) is 0 Å². The number of rotatable bonds is 4. The minimum atomic E-state index is 0.304. The zero-order chi connectivity index (χ0) is 21.1. The fourth-order valence-electron chi connectivity index (χ4n) is 3.16. The lowest BCUT2D eigenvalue weighted by Crippen LogP contribution is -2.07. The van der Waals surface area contributed by atoms with Crippen LogP contribution in [-0.2, 0) is 4.74 Å². The number of oxazole rings is 1. The summed E-state index contributed by atoms with van der Waals surface area (Å²) >= 11 is 0. The minimum absolute atomic E-state index is 0.304. The van der Waals surface area contributed by atoms with Gasteiger partial charge in [0, 0.05) is 25.4 Å². The molecule has 148 valence electrons. The van der Waals surface area contributed by atoms with Crippen molar-refractivity contribution in [1.82, 2.24) is 4.98 Å². The molecule has 0 bridgehead atoms. The molecule has 1 aliphatic heterocycles. The molecule has 0 unspecified atom stereocenters. The van der Waals surface area contributed by atoms with Crippen LogP contribution >= 0.6 is 0 Å². The van der Waals surface area contributed by atoms with E-state index >= 15 is 0 Å². The molecule has 2 heterocycles. The summed E-state index contributed by atoms with van der Waals surface area (Å²) < 4.78 is 11.6. The van der Waals surface area contributed by atoms with Crippen LogP contribution in [0.1, 0.15) is 18.4 Å². The van der Waals surface area contributed by atoms with Gasteiger partial charge in [0.15, 0.2) is 5.58 Å². The van der Waals surface area contributed by atoms with Gasteiger partial charge >= 0.3 is 0 Å². The molecule has 5 nitrogen and oxygen atoms in total. The maximum absolute atomic E-state index is 9.78. The van der Waals surface area contributed by atoms with Gasteiger partial charge in [0.05, 0.1) is 0 Å². The molecule has 0 aliphatic carbocycles. The van der Waals surface area contributed by atoms with Crippen molar-refractivity contribution in [2.24, 2.45) is 0 Å². The second kappa shape index (κ2) is 8.14. The maximum Gasteiger partial charge on any atom is 0.238 e. The van der Waals surface area contributed by atoms with E-state index in [1.807, 2.05) is 81.7 Å². The summed E-state index contributed by atoms with van der Waals surface area (Å²) in [6, 6.07) is 17.9. The standard InChI is InChI=1S/C25H21N3O2/c1-17-14-19(22(16-26)25-27-23-6-4-5-7-24(23)30-25)15-21(29-17)13-10-18-8-11-20(12-9-18)28(2)3/h4-15H,1-3H3/b13-10?,22-19+. The predicted molar refractivity (Wildman–Crippen MR) is 119 cm³/mol. The van der Waals surface area contributed by atoms with Gasteiger partial charge in [0.1, 0.15) is 28.7 Å². The highest BCUT2D eigenvalue weighted by Crippen LogP contribution is 2.29. The van der Waals surface area contributed by atoms with Gasteiger partial charge in [0.2, 0.25) is 5.89 Å². The number of allylic oxidation sites excluding steroid dienone is 6. The fraction of sp³-hybridized carbons (Fsp3) is 0.120. The van der Waals surface area contributed by atoms with Gasteiger partial charge < -0.3 is 14.1 Å². The number of nitrogens with zero attached hydrogens (tertiary/aromatic N) is 3. The molecule has 30 heavy (non-hydrogen) atoms. The highest BCUT2D eigenvalue weighted by molar-refractivity contribution is 5.83. The van der Waals surface area contributed by atoms with Crippen molar-refractivity contribution in [3.63, 3.8) is 0 Å². The Kier molecular flexibility index (Phi) is 5.23. The molecular weight excluding hydrogens is 374 g/mol. The number of ether oxygens (including phenoxy) is 1. The van der Waals surface area contributed by atoms with Crippen molar-refractivity contribution in [2.75, 3.05) is 19.0 Å². The summed E-state index contributed by atoms with van der Waals surface area (Å²) in [5.74, 6) is 1.64. The van der Waals surface area contributed by atoms with E-state index in [-0.39, 0.29) is 0 Å². The molecule has 4 rings (SSSR count). The zero-order valence-electron chi connectivity index (χ0n) is 17.1. The van der Waals surface area contributed by atoms with Crippen molar-refractivity contribution < 1.29 is 9.15 Å². The second-order valence-corrected chi connectivity index (χ2v) is 7.15. The highest BCUT2D eigenvalue weighted by atomic mass is 16.5. The third kappa shape index (κ3) is 4.03. The summed E-state index contributed by atoms with van der Waals surface area (Å²) in [7, 11) is 4.02. The lowest BCUT2D eigenvalue weighted by molar-refractivity contribution is 0.318. The average molecular weight is 395 g/mol. The molecule has 0 N–H and O–H groups in total. The van der Waals surface area contributed by atoms with E-state index in [1.54, 1.807) is 0 Å². The van der Waals surface area contributed by atoms with Gasteiger partial charge in [-0.15, -0.1) is 0 Å². The van der Waals surface area contributed by atoms with Crippen LogP contribution in [-0.4, -0.2) is 19.1 Å². The third-order valence-corrected chi connectivity index (χ3v) is 4.69. The Hall–Kier alpha value is -4.04. The summed E-state index contributed by atoms with van der Waals surface area (Å²) in [5.41, 5.74) is 4.65. The van der Waals surface area contributed by atoms with E-state index in [0.29, 0.717) is 34.1 Å². The summed E-state index contributed by atoms with van der Waals surface area (Å²) in [4.78, 5) is 6.51. The highest BCUT2D eigenvalue weighted by Gasteiger charge is 2.17. The molecular formula is C25H21N3O2. The van der Waals surface area contributed by atoms with Crippen LogP contribution in [0.5, 0.6) is 0 Å². The van der Waals surface area contributed by atoms with Gasteiger partial charge in [-0.05, 0) is 55.0 Å². The smallest absolute Gasteiger partial charge is 0.238 e. The van der Waals surface area contributed by atoms with Crippen molar-refractivity contribution in [1.29, 1.82) is 5.26 Å². The lowest BCUT2D eigenvalue weighted by atomic mass is 10.0. The molecule has 1 aliphatic rings. The first-order valence-electron chi connectivity index (χ1n) is 9.57. The Labute approximate surface area is 175 Å². The van der Waals surface area contributed by atoms with Crippen LogP contribution < -0.4 is 4.90 Å². The van der Waals surface area contributed by atoms with Crippen LogP contribution in [0.2, 0.25) is 0 Å². The third-order valence-electron chi connectivity index (χ3n) is 4.69. The largest absolute Gasteiger partial charge is 0.462 e. The zero-order valence-corrected chi connectivity index (χ0v) is 17.1. The molecule has 0 amide bonds. The van der Waals surface area contributed by atoms with E-state index in [0.717, 1.165) is 16.8 Å². The SMILES string of the molecule is CC1=C/C(=C(/C#N)c2nc3ccccc3o2)C=C(C=Cc2ccc(N(C)C)cc2)O1. The number of nitriles is 1. The number of benzene rings is 2. The topological polar surface area (TPSA) is 62.3 Å². The van der Waals surface area contributed by atoms with Crippen LogP contribution in [0.3, 0.4) is 0 Å². The van der Waals surface area contributed by atoms with E-state index < -0.39 is 0 Å². The summed E-state index contributed by atoms with van der Waals surface area (Å²) in [6.45, 7) is 1.85. The summed E-state index contributed by atoms with van der Waals surface area (Å²) in [5, 5.41) is 9.78. The van der Waals surface area contributed by atoms with Crippen LogP contribution in [0.25, 0.3) is 22.7 Å². The Morgan fingerprint density at radius 1 is 1.03 bits per heavy atom. The molecule has 2 aromatic carbocycles. The molecule has 0 atom stereocenters. The molecule has 3 aromatic rings. The molecule has 0 saturated carbocycles. The number of hydrogen-bond donors (Lipinski definition) is 0. The normalized spacial score (nSPS) is 15.4. The number of anilines is 1. The monoisotopic (exact) mass is 395 g/mol.